The lowest BCUT2D eigenvalue weighted by molar-refractivity contribution is 0.0984. The second-order valence-electron chi connectivity index (χ2n) is 38.1. The number of halogens is 6. The van der Waals surface area contributed by atoms with E-state index in [1.54, 1.807) is 79.1 Å². The van der Waals surface area contributed by atoms with Gasteiger partial charge in [0.05, 0.1) is 71.9 Å². The van der Waals surface area contributed by atoms with E-state index < -0.39 is 0 Å². The van der Waals surface area contributed by atoms with Crippen LogP contribution in [0.2, 0.25) is 30.1 Å². The van der Waals surface area contributed by atoms with E-state index in [9.17, 15) is 24.0 Å². The summed E-state index contributed by atoms with van der Waals surface area (Å²) in [4.78, 5) is 109. The third-order valence-corrected chi connectivity index (χ3v) is 29.9. The molecule has 0 atom stereocenters. The predicted octanol–water partition coefficient (Wildman–Crippen LogP) is 24.6. The van der Waals surface area contributed by atoms with Crippen molar-refractivity contribution in [1.29, 1.82) is 0 Å². The van der Waals surface area contributed by atoms with Crippen LogP contribution in [0.15, 0.2) is 184 Å². The number of hydrogen-bond acceptors (Lipinski definition) is 16. The molecule has 15 aromatic rings. The molecule has 3 aliphatic heterocycles. The number of rotatable bonds is 26. The minimum Gasteiger partial charge on any atom is -0.332 e. The first-order chi connectivity index (χ1) is 68.1. The number of aryl methyl sites for hydroxylation is 9. The molecular weight excluding hydrogens is 1900 g/mol. The van der Waals surface area contributed by atoms with Gasteiger partial charge in [-0.25, -0.2) is 39.9 Å². The van der Waals surface area contributed by atoms with Crippen LogP contribution in [0.5, 0.6) is 0 Å². The Balaban J connectivity index is 0.000000127. The molecule has 141 heavy (non-hydrogen) atoms. The van der Waals surface area contributed by atoms with Gasteiger partial charge in [-0.15, -0.1) is 0 Å². The maximum Gasteiger partial charge on any atom is 0.261 e. The van der Waals surface area contributed by atoms with Crippen LogP contribution < -0.4 is 26.2 Å². The van der Waals surface area contributed by atoms with Crippen molar-refractivity contribution < 1.29 is 24.0 Å². The summed E-state index contributed by atoms with van der Waals surface area (Å²) in [6.07, 6.45) is 33.2. The molecule has 4 N–H and O–H groups in total. The van der Waals surface area contributed by atoms with Gasteiger partial charge in [0.15, 0.2) is 16.9 Å². The summed E-state index contributed by atoms with van der Waals surface area (Å²) in [5, 5.41) is 15.8. The number of carbonyl (C=O) groups is 5. The standard InChI is InChI=1S/C25H32ClN5O.C23H28ClN5O.C22H26ClN5O.C20H20ClN3O.C19H17Cl2N3O/c1-4-29-13-10-19(11-14-29)12-15-30-17-28-23-22(26)21(16-27-24(23)30)25(32)31(5-2)20-8-6-18(3)7-9-20;1-3-28-11-8-17(9-12-28)10-13-29-15-26-21-20(24)19(14-25-22(21)29)23(30)27-18-6-4-16(2)5-7-18;1-15-3-5-17(6-4-15)26-22(29)18-13-24-21-20(19(18)23)25-14-28(21)12-9-16-7-10-27(2)11-8-16;1-12-3-7-15(8-4-12)23-20(25)16-9-22-19-17(18(16)21)13(2)10-24(19)11-14-5-6-14;1-11-9-24(10-12-2-3-12)18-16(11)17(21)15(8-22-18)19(25)23-14-6-4-13(20)5-7-14/h6-9,16-17,19H,4-5,10-15H2,1-3H3;4-7,14-15,17H,3,8-13H2,1-2H3,(H,27,30);3-6,13-14,16H,7-12H2,1-2H3,(H,26,29);3-4,7-10,14H,5-6,11H2,1-2H3,(H,23,25);4-9,12H,2-3,10H2,1H3,(H,23,25). The second kappa shape index (κ2) is 47.0. The van der Waals surface area contributed by atoms with E-state index in [2.05, 4.69) is 127 Å². The van der Waals surface area contributed by atoms with Gasteiger partial charge in [-0.2, -0.15) is 0 Å². The van der Waals surface area contributed by atoms with Crippen LogP contribution in [0.4, 0.5) is 28.4 Å². The molecule has 0 radical (unpaired) electrons. The van der Waals surface area contributed by atoms with Crippen molar-refractivity contribution in [2.75, 3.05) is 92.1 Å². The third-order valence-electron chi connectivity index (χ3n) is 27.7. The lowest BCUT2D eigenvalue weighted by Crippen LogP contribution is -2.33. The molecule has 10 aromatic heterocycles. The number of carbonyl (C=O) groups excluding carboxylic acids is 5. The van der Waals surface area contributed by atoms with Crippen molar-refractivity contribution in [3.8, 4) is 0 Å². The van der Waals surface area contributed by atoms with Gasteiger partial charge >= 0.3 is 0 Å². The molecule has 5 amide bonds. The highest BCUT2D eigenvalue weighted by molar-refractivity contribution is 6.41. The zero-order valence-corrected chi connectivity index (χ0v) is 86.2. The van der Waals surface area contributed by atoms with Gasteiger partial charge in [0.1, 0.15) is 27.8 Å². The average molecular weight is 2020 g/mol. The molecule has 26 nitrogen and oxygen atoms in total. The minimum absolute atomic E-state index is 0.159. The summed E-state index contributed by atoms with van der Waals surface area (Å²) in [5.41, 5.74) is 17.9. The fraction of sp³-hybridized carbons (Fsp3) is 0.385. The topological polar surface area (TPSA) is 274 Å². The van der Waals surface area contributed by atoms with Crippen LogP contribution in [0.1, 0.15) is 189 Å². The molecule has 20 rings (SSSR count). The number of piperidine rings is 3. The summed E-state index contributed by atoms with van der Waals surface area (Å²) < 4.78 is 10.5. The summed E-state index contributed by atoms with van der Waals surface area (Å²) >= 11 is 38.8. The van der Waals surface area contributed by atoms with E-state index in [1.807, 2.05) is 150 Å². The Morgan fingerprint density at radius 1 is 0.340 bits per heavy atom. The van der Waals surface area contributed by atoms with Crippen LogP contribution in [0.25, 0.3) is 55.6 Å². The number of anilines is 5. The van der Waals surface area contributed by atoms with E-state index in [0.717, 1.165) is 190 Å². The van der Waals surface area contributed by atoms with Crippen molar-refractivity contribution in [2.45, 2.75) is 179 Å². The highest BCUT2D eigenvalue weighted by Crippen LogP contribution is 2.40. The molecule has 5 aromatic carbocycles. The molecule has 0 spiro atoms. The van der Waals surface area contributed by atoms with Gasteiger partial charge in [-0.05, 0) is 305 Å². The highest BCUT2D eigenvalue weighted by Gasteiger charge is 2.31. The minimum atomic E-state index is -0.283. The van der Waals surface area contributed by atoms with Crippen LogP contribution in [0, 0.1) is 71.1 Å². The van der Waals surface area contributed by atoms with E-state index in [1.165, 1.54) is 103 Å². The largest absolute Gasteiger partial charge is 0.332 e. The van der Waals surface area contributed by atoms with Crippen LogP contribution in [-0.4, -0.2) is 173 Å². The molecule has 0 unspecified atom stereocenters. The molecule has 13 heterocycles. The van der Waals surface area contributed by atoms with Crippen molar-refractivity contribution in [3.05, 3.63) is 275 Å². The summed E-state index contributed by atoms with van der Waals surface area (Å²) in [7, 11) is 2.18. The van der Waals surface area contributed by atoms with Gasteiger partial charge in [0, 0.05) is 127 Å². The zero-order valence-electron chi connectivity index (χ0n) is 81.7. The molecule has 2 aliphatic carbocycles. The Bertz CT molecular complexity index is 6770. The Labute approximate surface area is 853 Å². The molecule has 32 heteroatoms. The van der Waals surface area contributed by atoms with Crippen molar-refractivity contribution >= 4 is 183 Å². The number of nitrogens with zero attached hydrogens (tertiary/aromatic N) is 17. The number of likely N-dealkylation sites (tertiary alicyclic amines) is 3. The number of fused-ring (bicyclic) bond motifs is 5. The number of amides is 5. The number of nitrogens with one attached hydrogen (secondary N) is 4. The first-order valence-corrected chi connectivity index (χ1v) is 51.4. The Kier molecular flexibility index (Phi) is 34.1. The zero-order chi connectivity index (χ0) is 99.2. The van der Waals surface area contributed by atoms with Crippen molar-refractivity contribution in [2.24, 2.45) is 29.6 Å². The van der Waals surface area contributed by atoms with Gasteiger partial charge in [-0.1, -0.05) is 154 Å². The van der Waals surface area contributed by atoms with Gasteiger partial charge in [0.2, 0.25) is 0 Å². The van der Waals surface area contributed by atoms with Gasteiger partial charge < -0.3 is 63.7 Å². The van der Waals surface area contributed by atoms with Gasteiger partial charge in [-0.3, -0.25) is 24.0 Å². The normalized spacial score (nSPS) is 15.0. The molecule has 5 fully saturated rings. The summed E-state index contributed by atoms with van der Waals surface area (Å²) in [5.74, 6) is 2.45. The highest BCUT2D eigenvalue weighted by atomic mass is 35.5. The van der Waals surface area contributed by atoms with Crippen molar-refractivity contribution in [3.63, 3.8) is 0 Å². The smallest absolute Gasteiger partial charge is 0.261 e. The molecule has 736 valence electrons. The maximum atomic E-state index is 13.3. The van der Waals surface area contributed by atoms with E-state index >= 15 is 0 Å². The maximum absolute atomic E-state index is 13.3. The Hall–Kier alpha value is -11.7. The van der Waals surface area contributed by atoms with Gasteiger partial charge in [0.25, 0.3) is 29.5 Å². The molecule has 5 aliphatic rings. The summed E-state index contributed by atoms with van der Waals surface area (Å²) in [6, 6.07) is 37.8. The molecule has 2 saturated carbocycles. The fourth-order valence-corrected chi connectivity index (χ4v) is 20.2. The summed E-state index contributed by atoms with van der Waals surface area (Å²) in [6.45, 7) is 32.9. The Morgan fingerprint density at radius 2 is 0.631 bits per heavy atom. The first kappa shape index (κ1) is 102. The quantitative estimate of drug-likeness (QED) is 0.0392. The van der Waals surface area contributed by atoms with E-state index in [-0.39, 0.29) is 29.5 Å². The van der Waals surface area contributed by atoms with Crippen molar-refractivity contribution in [1.82, 2.24) is 77.4 Å². The SMILES string of the molecule is CCN1CCC(CCn2cnc3c(Cl)c(C(=O)N(CC)c4ccc(C)cc4)cnc32)CC1.CCN1CCC(CCn2cnc3c(Cl)c(C(=O)Nc4ccc(C)cc4)cnc32)CC1.Cc1ccc(NC(=O)c2cnc3c(c(C)cn3CC3CC3)c2Cl)cc1.Cc1ccc(NC(=O)c2cnc3c(ncn3CCC3CCN(C)CC3)c2Cl)cc1.Cc1cn(CC2CC2)c2ncc(C(=O)Nc3ccc(Cl)cc3)c(Cl)c12. The predicted molar refractivity (Wildman–Crippen MR) is 571 cm³/mol. The number of hydrogen-bond donors (Lipinski definition) is 4. The first-order valence-electron chi connectivity index (χ1n) is 49.1. The second-order valence-corrected chi connectivity index (χ2v) is 40.5. The monoisotopic (exact) mass is 2020 g/mol. The van der Waals surface area contributed by atoms with Crippen LogP contribution in [0.3, 0.4) is 0 Å². The van der Waals surface area contributed by atoms with E-state index in [4.69, 9.17) is 69.6 Å². The lowest BCUT2D eigenvalue weighted by atomic mass is 9.93. The third kappa shape index (κ3) is 25.5. The lowest BCUT2D eigenvalue weighted by Gasteiger charge is -2.31. The number of benzene rings is 5. The fourth-order valence-electron chi connectivity index (χ4n) is 18.5. The van der Waals surface area contributed by atoms with E-state index in [0.29, 0.717) is 86.7 Å². The Morgan fingerprint density at radius 3 is 0.950 bits per heavy atom. The number of aromatic nitrogens is 13. The number of imidazole rings is 3. The molecule has 0 bridgehead atoms. The number of pyridine rings is 5. The average Bonchev–Trinajstić information content (AvgIpc) is 1.62. The van der Waals surface area contributed by atoms with Crippen LogP contribution in [-0.2, 0) is 32.7 Å². The molecular formula is C109H123Cl6N21O5. The molecule has 3 saturated heterocycles. The van der Waals surface area contributed by atoms with Crippen LogP contribution >= 0.6 is 69.6 Å².